The summed E-state index contributed by atoms with van der Waals surface area (Å²) in [4.78, 5) is 34.0. The van der Waals surface area contributed by atoms with Crippen LogP contribution in [0.3, 0.4) is 0 Å². The number of allylic oxidation sites excluding steroid dienone is 1. The molecule has 2 aliphatic heterocycles. The Balaban J connectivity index is 1.43. The summed E-state index contributed by atoms with van der Waals surface area (Å²) in [6.45, 7) is 2.31. The molecule has 2 aromatic rings. The topological polar surface area (TPSA) is 87.8 Å². The average molecular weight is 457 g/mol. The number of aryl methyl sites for hydroxylation is 1. The van der Waals surface area contributed by atoms with E-state index in [1.54, 1.807) is 11.1 Å². The summed E-state index contributed by atoms with van der Waals surface area (Å²) in [6, 6.07) is 17.4. The van der Waals surface area contributed by atoms with E-state index in [0.717, 1.165) is 18.4 Å². The Labute approximate surface area is 200 Å². The molecule has 3 N–H and O–H groups in total. The van der Waals surface area contributed by atoms with Crippen molar-refractivity contribution >= 4 is 18.0 Å². The van der Waals surface area contributed by atoms with Gasteiger partial charge in [0.25, 0.3) is 5.91 Å². The number of aliphatic imine (C=N–C) groups is 1. The Morgan fingerprint density at radius 2 is 1.91 bits per heavy atom. The number of carbonyl (C=O) groups is 2. The van der Waals surface area contributed by atoms with Crippen molar-refractivity contribution in [1.82, 2.24) is 10.2 Å². The Morgan fingerprint density at radius 3 is 2.65 bits per heavy atom. The maximum absolute atomic E-state index is 14.0. The van der Waals surface area contributed by atoms with Crippen molar-refractivity contribution in [2.45, 2.75) is 62.2 Å². The number of nitrogens with one attached hydrogen (secondary N) is 1. The first kappa shape index (κ1) is 22.5. The molecule has 0 bridgehead atoms. The summed E-state index contributed by atoms with van der Waals surface area (Å²) < 4.78 is 0. The molecule has 3 aliphatic rings. The summed E-state index contributed by atoms with van der Waals surface area (Å²) in [5.74, 6) is -0.165. The van der Waals surface area contributed by atoms with Crippen molar-refractivity contribution in [2.75, 3.05) is 6.54 Å². The predicted molar refractivity (Wildman–Crippen MR) is 134 cm³/mol. The first-order valence-corrected chi connectivity index (χ1v) is 12.2. The second-order valence-corrected chi connectivity index (χ2v) is 9.74. The zero-order valence-electron chi connectivity index (χ0n) is 19.6. The van der Waals surface area contributed by atoms with Crippen LogP contribution in [0.25, 0.3) is 0 Å². The summed E-state index contributed by atoms with van der Waals surface area (Å²) >= 11 is 0. The molecule has 2 amide bonds. The fraction of sp³-hybridized carbons (Fsp3) is 0.393. The third kappa shape index (κ3) is 3.96. The number of amides is 2. The highest BCUT2D eigenvalue weighted by Crippen LogP contribution is 2.37. The largest absolute Gasteiger partial charge is 0.347 e. The molecule has 2 aromatic carbocycles. The van der Waals surface area contributed by atoms with E-state index in [-0.39, 0.29) is 23.8 Å². The number of hydrogen-bond donors (Lipinski definition) is 2. The number of benzene rings is 2. The first-order chi connectivity index (χ1) is 16.5. The van der Waals surface area contributed by atoms with E-state index in [4.69, 9.17) is 5.73 Å². The van der Waals surface area contributed by atoms with Crippen LogP contribution in [0.2, 0.25) is 0 Å². The van der Waals surface area contributed by atoms with E-state index < -0.39 is 17.6 Å². The number of rotatable bonds is 5. The molecule has 1 saturated heterocycles. The normalized spacial score (nSPS) is 28.5. The minimum Gasteiger partial charge on any atom is -0.347 e. The van der Waals surface area contributed by atoms with Gasteiger partial charge < -0.3 is 16.0 Å². The summed E-state index contributed by atoms with van der Waals surface area (Å²) in [6.07, 6.45) is 8.29. The van der Waals surface area contributed by atoms with Gasteiger partial charge in [0.05, 0.1) is 6.04 Å². The lowest BCUT2D eigenvalue weighted by molar-refractivity contribution is -0.143. The third-order valence-corrected chi connectivity index (χ3v) is 7.66. The molecule has 6 nitrogen and oxygen atoms in total. The van der Waals surface area contributed by atoms with Crippen molar-refractivity contribution in [1.29, 1.82) is 0 Å². The lowest BCUT2D eigenvalue weighted by atomic mass is 9.85. The fourth-order valence-electron chi connectivity index (χ4n) is 5.68. The minimum atomic E-state index is -1.07. The molecule has 0 saturated carbocycles. The zero-order chi connectivity index (χ0) is 23.7. The van der Waals surface area contributed by atoms with Crippen LogP contribution in [-0.4, -0.2) is 47.1 Å². The van der Waals surface area contributed by atoms with Crippen molar-refractivity contribution in [3.63, 3.8) is 0 Å². The highest BCUT2D eigenvalue weighted by atomic mass is 16.2. The molecule has 5 atom stereocenters. The monoisotopic (exact) mass is 456 g/mol. The maximum atomic E-state index is 14.0. The maximum Gasteiger partial charge on any atom is 0.253 e. The summed E-state index contributed by atoms with van der Waals surface area (Å²) in [7, 11) is 0. The van der Waals surface area contributed by atoms with E-state index >= 15 is 0 Å². The van der Waals surface area contributed by atoms with Gasteiger partial charge in [-0.15, -0.1) is 0 Å². The van der Waals surface area contributed by atoms with Crippen LogP contribution in [0, 0.1) is 0 Å². The number of nitrogens with zero attached hydrogens (tertiary/aromatic N) is 2. The van der Waals surface area contributed by atoms with Crippen LogP contribution in [0.5, 0.6) is 0 Å². The molecule has 176 valence electrons. The molecule has 0 spiro atoms. The molecule has 2 heterocycles. The molecule has 1 fully saturated rings. The molecule has 0 radical (unpaired) electrons. The van der Waals surface area contributed by atoms with E-state index in [9.17, 15) is 9.59 Å². The summed E-state index contributed by atoms with van der Waals surface area (Å²) in [5.41, 5.74) is 8.87. The number of dihydropyridines is 1. The summed E-state index contributed by atoms with van der Waals surface area (Å²) in [5, 5.41) is 3.26. The van der Waals surface area contributed by atoms with Crippen molar-refractivity contribution in [3.05, 3.63) is 83.4 Å². The van der Waals surface area contributed by atoms with Crippen LogP contribution in [0.1, 0.15) is 54.8 Å². The van der Waals surface area contributed by atoms with Crippen LogP contribution >= 0.6 is 0 Å². The fourth-order valence-corrected chi connectivity index (χ4v) is 5.68. The molecule has 34 heavy (non-hydrogen) atoms. The van der Waals surface area contributed by atoms with Gasteiger partial charge in [-0.25, -0.2) is 0 Å². The molecule has 2 unspecified atom stereocenters. The van der Waals surface area contributed by atoms with Gasteiger partial charge in [0.2, 0.25) is 5.91 Å². The van der Waals surface area contributed by atoms with E-state index in [1.807, 2.05) is 49.4 Å². The highest BCUT2D eigenvalue weighted by Gasteiger charge is 2.50. The number of likely N-dealkylation sites (tertiary alicyclic amines) is 1. The smallest absolute Gasteiger partial charge is 0.253 e. The molecule has 1 aliphatic carbocycles. The zero-order valence-corrected chi connectivity index (χ0v) is 19.6. The average Bonchev–Trinajstić information content (AvgIpc) is 3.49. The first-order valence-electron chi connectivity index (χ1n) is 12.2. The number of fused-ring (bicyclic) bond motifs is 1. The van der Waals surface area contributed by atoms with Crippen LogP contribution < -0.4 is 11.1 Å². The number of nitrogens with two attached hydrogens (primary N) is 1. The van der Waals surface area contributed by atoms with Crippen LogP contribution in [0.4, 0.5) is 0 Å². The third-order valence-electron chi connectivity index (χ3n) is 7.66. The van der Waals surface area contributed by atoms with Gasteiger partial charge in [-0.3, -0.25) is 14.6 Å². The molecule has 0 aromatic heterocycles. The molecular formula is C28H32N4O2. The standard InChI is InChI=1S/C28H32N4O2/c1-19(29)28(15-7-8-16-30-28)27(34)32-18-22(20-9-3-2-4-10-20)17-25(32)26(33)31-24-14-13-21-11-5-6-12-23(21)24/h2-12,16,19,22,24-25H,13-15,17-18,29H2,1H3,(H,31,33)/t19?,22-,24-,25-,28?/m1/s1. The van der Waals surface area contributed by atoms with Gasteiger partial charge >= 0.3 is 0 Å². The second kappa shape index (κ2) is 9.18. The SMILES string of the molecule is CC(N)C1(C(=O)N2C[C@H](c3ccccc3)C[C@@H]2C(=O)N[C@@H]2CCc3ccccc32)CC=CC=N1. The number of carbonyl (C=O) groups excluding carboxylic acids is 2. The van der Waals surface area contributed by atoms with Crippen molar-refractivity contribution < 1.29 is 9.59 Å². The van der Waals surface area contributed by atoms with E-state index in [2.05, 4.69) is 34.6 Å². The lowest BCUT2D eigenvalue weighted by Gasteiger charge is -2.38. The van der Waals surface area contributed by atoms with Gasteiger partial charge in [0, 0.05) is 31.1 Å². The molecule has 6 heteroatoms. The van der Waals surface area contributed by atoms with E-state index in [0.29, 0.717) is 19.4 Å². The Hall–Kier alpha value is -3.25. The van der Waals surface area contributed by atoms with Gasteiger partial charge in [-0.1, -0.05) is 60.7 Å². The lowest BCUT2D eigenvalue weighted by Crippen LogP contribution is -2.60. The predicted octanol–water partition coefficient (Wildman–Crippen LogP) is 3.29. The van der Waals surface area contributed by atoms with Crippen LogP contribution in [-0.2, 0) is 16.0 Å². The molecular weight excluding hydrogens is 424 g/mol. The number of hydrogen-bond acceptors (Lipinski definition) is 4. The Kier molecular flexibility index (Phi) is 6.09. The van der Waals surface area contributed by atoms with Crippen molar-refractivity contribution in [3.8, 4) is 0 Å². The van der Waals surface area contributed by atoms with Crippen molar-refractivity contribution in [2.24, 2.45) is 10.7 Å². The van der Waals surface area contributed by atoms with E-state index in [1.165, 1.54) is 11.1 Å². The van der Waals surface area contributed by atoms with Gasteiger partial charge in [0.15, 0.2) is 5.54 Å². The Morgan fingerprint density at radius 1 is 1.15 bits per heavy atom. The quantitative estimate of drug-likeness (QED) is 0.724. The Bertz CT molecular complexity index is 1130. The minimum absolute atomic E-state index is 0.0190. The molecule has 5 rings (SSSR count). The van der Waals surface area contributed by atoms with Gasteiger partial charge in [0.1, 0.15) is 6.04 Å². The van der Waals surface area contributed by atoms with Crippen LogP contribution in [0.15, 0.2) is 71.7 Å². The van der Waals surface area contributed by atoms with Gasteiger partial charge in [-0.05, 0) is 49.0 Å². The highest BCUT2D eigenvalue weighted by molar-refractivity contribution is 5.95. The van der Waals surface area contributed by atoms with Gasteiger partial charge in [-0.2, -0.15) is 0 Å². The second-order valence-electron chi connectivity index (χ2n) is 9.74.